The van der Waals surface area contributed by atoms with Crippen molar-refractivity contribution >= 4 is 11.9 Å². The molecule has 16 heteroatoms. The van der Waals surface area contributed by atoms with Gasteiger partial charge in [-0.15, -0.1) is 0 Å². The molecule has 31 heavy (non-hydrogen) atoms. The van der Waals surface area contributed by atoms with Crippen LogP contribution in [-0.4, -0.2) is 53.3 Å². The molecule has 0 aromatic carbocycles. The number of carbonyl (C=O) groups excluding carboxylic acids is 1. The van der Waals surface area contributed by atoms with Gasteiger partial charge in [0.2, 0.25) is 0 Å². The Morgan fingerprint density at radius 2 is 1.19 bits per heavy atom. The van der Waals surface area contributed by atoms with E-state index in [2.05, 4.69) is 17.9 Å². The summed E-state index contributed by atoms with van der Waals surface area (Å²) in [6, 6.07) is 0. The van der Waals surface area contributed by atoms with E-state index in [0.717, 1.165) is 0 Å². The molecular formula is C15H14F12O4. The quantitative estimate of drug-likeness (QED) is 0.278. The van der Waals surface area contributed by atoms with Crippen LogP contribution in [0.4, 0.5) is 52.7 Å². The van der Waals surface area contributed by atoms with Crippen molar-refractivity contribution in [3.05, 3.63) is 24.3 Å². The number of halogens is 12. The van der Waals surface area contributed by atoms with Crippen molar-refractivity contribution in [2.24, 2.45) is 0 Å². The van der Waals surface area contributed by atoms with Crippen LogP contribution in [0.3, 0.4) is 0 Å². The number of carbonyl (C=O) groups is 2. The van der Waals surface area contributed by atoms with E-state index in [1.807, 2.05) is 0 Å². The third kappa shape index (κ3) is 7.65. The lowest BCUT2D eigenvalue weighted by Gasteiger charge is -2.37. The zero-order chi connectivity index (χ0) is 25.8. The van der Waals surface area contributed by atoms with Crippen LogP contribution in [0.1, 0.15) is 20.3 Å². The van der Waals surface area contributed by atoms with Gasteiger partial charge < -0.3 is 9.84 Å². The second-order valence-electron chi connectivity index (χ2n) is 5.83. The molecule has 0 heterocycles. The van der Waals surface area contributed by atoms with Crippen LogP contribution in [0.5, 0.6) is 0 Å². The van der Waals surface area contributed by atoms with Crippen molar-refractivity contribution in [3.8, 4) is 0 Å². The van der Waals surface area contributed by atoms with Crippen LogP contribution in [0, 0.1) is 0 Å². The van der Waals surface area contributed by atoms with E-state index in [1.54, 1.807) is 0 Å². The average Bonchev–Trinajstić information content (AvgIpc) is 2.52. The Balaban J connectivity index is 0. The van der Waals surface area contributed by atoms with Gasteiger partial charge in [-0.05, 0) is 13.8 Å². The van der Waals surface area contributed by atoms with Crippen LogP contribution in [0.15, 0.2) is 24.3 Å². The van der Waals surface area contributed by atoms with E-state index in [9.17, 15) is 62.3 Å². The standard InChI is InChI=1S/C11H8F12O2.C4H6O2/c1-4(2)6(24)25-11(22,23)10(20,21)9(18,19)8(16,17)5(12)3-7(13,14)15;1-3(2)4(5)6/h5H,1,3H2,2H3;1H2,2H3,(H,5,6). The highest BCUT2D eigenvalue weighted by Gasteiger charge is 2.84. The van der Waals surface area contributed by atoms with Crippen LogP contribution >= 0.6 is 0 Å². The highest BCUT2D eigenvalue weighted by Crippen LogP contribution is 2.55. The monoisotopic (exact) mass is 486 g/mol. The van der Waals surface area contributed by atoms with Crippen LogP contribution < -0.4 is 0 Å². The number of hydrogen-bond acceptors (Lipinski definition) is 3. The molecular weight excluding hydrogens is 472 g/mol. The van der Waals surface area contributed by atoms with E-state index in [4.69, 9.17) is 5.11 Å². The number of esters is 1. The Morgan fingerprint density at radius 3 is 1.45 bits per heavy atom. The summed E-state index contributed by atoms with van der Waals surface area (Å²) in [7, 11) is 0. The Kier molecular flexibility index (Phi) is 9.73. The molecule has 0 aromatic heterocycles. The minimum absolute atomic E-state index is 0.176. The summed E-state index contributed by atoms with van der Waals surface area (Å²) in [4.78, 5) is 20.3. The maximum absolute atomic E-state index is 13.2. The molecule has 1 unspecified atom stereocenters. The molecule has 1 N–H and O–H groups in total. The maximum Gasteiger partial charge on any atom is 0.473 e. The van der Waals surface area contributed by atoms with E-state index in [1.165, 1.54) is 6.92 Å². The zero-order valence-corrected chi connectivity index (χ0v) is 15.4. The summed E-state index contributed by atoms with van der Waals surface area (Å²) in [5.41, 5.74) is -0.846. The van der Waals surface area contributed by atoms with Crippen molar-refractivity contribution < 1.29 is 72.1 Å². The highest BCUT2D eigenvalue weighted by molar-refractivity contribution is 5.87. The topological polar surface area (TPSA) is 63.6 Å². The molecule has 0 rings (SSSR count). The molecule has 4 nitrogen and oxygen atoms in total. The smallest absolute Gasteiger partial charge is 0.473 e. The first kappa shape index (κ1) is 30.8. The molecule has 0 aliphatic rings. The fourth-order valence-corrected chi connectivity index (χ4v) is 1.19. The number of alkyl halides is 12. The largest absolute Gasteiger partial charge is 0.478 e. The predicted octanol–water partition coefficient (Wildman–Crippen LogP) is 5.54. The number of rotatable bonds is 8. The molecule has 0 amide bonds. The summed E-state index contributed by atoms with van der Waals surface area (Å²) in [5.74, 6) is -24.8. The third-order valence-corrected chi connectivity index (χ3v) is 2.92. The van der Waals surface area contributed by atoms with Gasteiger partial charge >= 0.3 is 42.0 Å². The number of carboxylic acid groups (broad SMARTS) is 1. The molecule has 0 aliphatic heterocycles. The SMILES string of the molecule is C=C(C)C(=O)O.C=C(C)C(=O)OC(F)(F)C(F)(F)C(F)(F)C(F)(F)C(F)CC(F)(F)F. The number of hydrogen-bond donors (Lipinski definition) is 1. The lowest BCUT2D eigenvalue weighted by molar-refractivity contribution is -0.422. The van der Waals surface area contributed by atoms with E-state index < -0.39 is 60.2 Å². The molecule has 0 saturated carbocycles. The second kappa shape index (κ2) is 9.80. The Morgan fingerprint density at radius 1 is 0.839 bits per heavy atom. The maximum atomic E-state index is 13.2. The van der Waals surface area contributed by atoms with Gasteiger partial charge in [0.25, 0.3) is 0 Å². The molecule has 0 radical (unpaired) electrons. The minimum Gasteiger partial charge on any atom is -0.478 e. The van der Waals surface area contributed by atoms with Gasteiger partial charge in [-0.1, -0.05) is 13.2 Å². The first-order chi connectivity index (χ1) is 13.3. The molecule has 0 aromatic rings. The van der Waals surface area contributed by atoms with Crippen molar-refractivity contribution in [1.82, 2.24) is 0 Å². The van der Waals surface area contributed by atoms with Gasteiger partial charge in [0.15, 0.2) is 6.17 Å². The minimum atomic E-state index is -7.36. The predicted molar refractivity (Wildman–Crippen MR) is 78.7 cm³/mol. The Bertz CT molecular complexity index is 685. The number of aliphatic carboxylic acids is 1. The van der Waals surface area contributed by atoms with Crippen LogP contribution in [0.2, 0.25) is 0 Å². The second-order valence-corrected chi connectivity index (χ2v) is 5.83. The molecule has 1 atom stereocenters. The van der Waals surface area contributed by atoms with E-state index >= 15 is 0 Å². The summed E-state index contributed by atoms with van der Waals surface area (Å²) in [6.07, 6.45) is -20.7. The van der Waals surface area contributed by atoms with E-state index in [-0.39, 0.29) is 5.57 Å². The average molecular weight is 486 g/mol. The first-order valence-electron chi connectivity index (χ1n) is 7.34. The summed E-state index contributed by atoms with van der Waals surface area (Å²) in [6.45, 7) is 7.83. The van der Waals surface area contributed by atoms with Crippen molar-refractivity contribution in [2.75, 3.05) is 0 Å². The molecule has 0 fully saturated rings. The number of carboxylic acids is 1. The summed E-state index contributed by atoms with van der Waals surface area (Å²) in [5, 5.41) is 7.89. The summed E-state index contributed by atoms with van der Waals surface area (Å²) >= 11 is 0. The molecule has 0 spiro atoms. The van der Waals surface area contributed by atoms with Gasteiger partial charge in [0, 0.05) is 11.1 Å². The first-order valence-corrected chi connectivity index (χ1v) is 7.34. The van der Waals surface area contributed by atoms with Gasteiger partial charge in [0.1, 0.15) is 0 Å². The lowest BCUT2D eigenvalue weighted by atomic mass is 9.97. The fraction of sp³-hybridized carbons (Fsp3) is 0.600. The van der Waals surface area contributed by atoms with Gasteiger partial charge in [-0.2, -0.15) is 48.3 Å². The normalized spacial score (nSPS) is 14.1. The van der Waals surface area contributed by atoms with Crippen LogP contribution in [-0.2, 0) is 14.3 Å². The lowest BCUT2D eigenvalue weighted by Crippen LogP contribution is -2.65. The third-order valence-electron chi connectivity index (χ3n) is 2.92. The fourth-order valence-electron chi connectivity index (χ4n) is 1.19. The van der Waals surface area contributed by atoms with Gasteiger partial charge in [0.05, 0.1) is 6.42 Å². The molecule has 182 valence electrons. The van der Waals surface area contributed by atoms with Crippen molar-refractivity contribution in [3.63, 3.8) is 0 Å². The zero-order valence-electron chi connectivity index (χ0n) is 15.4. The van der Waals surface area contributed by atoms with E-state index in [0.29, 0.717) is 6.92 Å². The van der Waals surface area contributed by atoms with Gasteiger partial charge in [-0.3, -0.25) is 0 Å². The number of ether oxygens (including phenoxy) is 1. The van der Waals surface area contributed by atoms with Crippen molar-refractivity contribution in [2.45, 2.75) is 56.5 Å². The Hall–Kier alpha value is -2.42. The van der Waals surface area contributed by atoms with Crippen molar-refractivity contribution in [1.29, 1.82) is 0 Å². The summed E-state index contributed by atoms with van der Waals surface area (Å²) < 4.78 is 156. The molecule has 0 saturated heterocycles. The highest BCUT2D eigenvalue weighted by atomic mass is 19.4. The Labute approximate surface area is 166 Å². The van der Waals surface area contributed by atoms with Crippen LogP contribution in [0.25, 0.3) is 0 Å². The molecule has 0 bridgehead atoms. The molecule has 0 aliphatic carbocycles. The van der Waals surface area contributed by atoms with Gasteiger partial charge in [-0.25, -0.2) is 14.0 Å².